The summed E-state index contributed by atoms with van der Waals surface area (Å²) in [6.07, 6.45) is 6.85. The molecule has 4 N–H and O–H groups in total. The number of anilines is 1. The molecule has 2 atom stereocenters. The summed E-state index contributed by atoms with van der Waals surface area (Å²) in [6, 6.07) is 25.3. The molecule has 0 aliphatic carbocycles. The molecule has 43 heavy (non-hydrogen) atoms. The summed E-state index contributed by atoms with van der Waals surface area (Å²) in [4.78, 5) is 22.6. The van der Waals surface area contributed by atoms with Gasteiger partial charge >= 0.3 is 0 Å². The van der Waals surface area contributed by atoms with Crippen molar-refractivity contribution in [2.75, 3.05) is 5.73 Å². The van der Waals surface area contributed by atoms with E-state index < -0.39 is 0 Å². The van der Waals surface area contributed by atoms with Crippen molar-refractivity contribution < 1.29 is 9.59 Å². The van der Waals surface area contributed by atoms with E-state index in [1.807, 2.05) is 45.8 Å². The van der Waals surface area contributed by atoms with Crippen LogP contribution in [0.2, 0.25) is 0 Å². The third-order valence-electron chi connectivity index (χ3n) is 6.86. The zero-order valence-corrected chi connectivity index (χ0v) is 28.5. The van der Waals surface area contributed by atoms with Gasteiger partial charge in [-0.05, 0) is 99.2 Å². The van der Waals surface area contributed by atoms with Gasteiger partial charge in [-0.15, -0.1) is 0 Å². The van der Waals surface area contributed by atoms with E-state index in [-0.39, 0.29) is 11.8 Å². The van der Waals surface area contributed by atoms with E-state index in [4.69, 9.17) is 16.3 Å². The van der Waals surface area contributed by atoms with Gasteiger partial charge in [0.05, 0.1) is 5.84 Å². The number of Topliss-reactive ketones (excluding diaryl/α,β-unsaturated/α-hetero) is 1. The van der Waals surface area contributed by atoms with Crippen LogP contribution in [0.4, 0.5) is 5.69 Å². The highest BCUT2D eigenvalue weighted by molar-refractivity contribution is 5.86. The number of hydrogen-bond acceptors (Lipinski definition) is 4. The van der Waals surface area contributed by atoms with Crippen LogP contribution in [0.1, 0.15) is 95.5 Å². The third kappa shape index (κ3) is 22.5. The fourth-order valence-corrected chi connectivity index (χ4v) is 3.71. The molecule has 5 nitrogen and oxygen atoms in total. The van der Waals surface area contributed by atoms with Gasteiger partial charge in [0.2, 0.25) is 0 Å². The van der Waals surface area contributed by atoms with Crippen molar-refractivity contribution in [3.63, 3.8) is 0 Å². The molecule has 0 fully saturated rings. The van der Waals surface area contributed by atoms with Crippen LogP contribution >= 0.6 is 0 Å². The van der Waals surface area contributed by atoms with Crippen LogP contribution < -0.4 is 11.5 Å². The van der Waals surface area contributed by atoms with E-state index in [0.29, 0.717) is 12.3 Å². The monoisotopic (exact) mass is 589 g/mol. The van der Waals surface area contributed by atoms with Gasteiger partial charge in [-0.25, -0.2) is 0 Å². The van der Waals surface area contributed by atoms with E-state index in [1.165, 1.54) is 54.0 Å². The molecule has 2 unspecified atom stereocenters. The molecule has 3 aromatic carbocycles. The summed E-state index contributed by atoms with van der Waals surface area (Å²) < 4.78 is 0. The highest BCUT2D eigenvalue weighted by atomic mass is 16.1. The molecule has 0 bridgehead atoms. The topological polar surface area (TPSA) is 98.5 Å². The molecule has 0 amide bonds. The van der Waals surface area contributed by atoms with E-state index >= 15 is 0 Å². The van der Waals surface area contributed by atoms with Gasteiger partial charge in [-0.1, -0.05) is 102 Å². The molecular weight excluding hydrogens is 530 g/mol. The summed E-state index contributed by atoms with van der Waals surface area (Å²) in [5.41, 5.74) is 18.6. The lowest BCUT2D eigenvalue weighted by atomic mass is 9.98. The first kappa shape index (κ1) is 41.4. The van der Waals surface area contributed by atoms with Crippen molar-refractivity contribution in [3.8, 4) is 0 Å². The first-order valence-electron chi connectivity index (χ1n) is 15.5. The second-order valence-electron chi connectivity index (χ2n) is 10.7. The Bertz CT molecular complexity index is 1090. The SMILES string of the molecule is C=O.CCC(N)=NC(C)C(C)=O.CCc1ccc(CCC(C)CC)cc1.CCc1ccccc1.Cc1cc(C)cc(N)c1. The maximum Gasteiger partial charge on any atom is 0.154 e. The van der Waals surface area contributed by atoms with Crippen LogP contribution in [0.25, 0.3) is 0 Å². The largest absolute Gasteiger partial charge is 0.399 e. The Kier molecular flexibility index (Phi) is 25.0. The van der Waals surface area contributed by atoms with Gasteiger partial charge in [0.1, 0.15) is 12.8 Å². The zero-order valence-electron chi connectivity index (χ0n) is 28.5. The normalized spacial score (nSPS) is 11.4. The number of nitrogens with two attached hydrogens (primary N) is 2. The maximum atomic E-state index is 10.6. The van der Waals surface area contributed by atoms with E-state index in [1.54, 1.807) is 6.92 Å². The molecule has 5 heteroatoms. The number of carbonyl (C=O) groups excluding carboxylic acids is 2. The average Bonchev–Trinajstić information content (AvgIpc) is 3.01. The fourth-order valence-electron chi connectivity index (χ4n) is 3.71. The number of nitrogens with zero attached hydrogens (tertiary/aromatic N) is 1. The predicted molar refractivity (Wildman–Crippen MR) is 189 cm³/mol. The highest BCUT2D eigenvalue weighted by Gasteiger charge is 2.04. The molecule has 0 heterocycles. The zero-order chi connectivity index (χ0) is 33.2. The van der Waals surface area contributed by atoms with Crippen molar-refractivity contribution in [2.45, 2.75) is 107 Å². The van der Waals surface area contributed by atoms with E-state index in [2.05, 4.69) is 87.3 Å². The average molecular weight is 590 g/mol. The van der Waals surface area contributed by atoms with Crippen molar-refractivity contribution in [1.29, 1.82) is 0 Å². The predicted octanol–water partition coefficient (Wildman–Crippen LogP) is 8.91. The van der Waals surface area contributed by atoms with Gasteiger partial charge < -0.3 is 16.3 Å². The van der Waals surface area contributed by atoms with Crippen LogP contribution in [0.5, 0.6) is 0 Å². The number of hydrogen-bond donors (Lipinski definition) is 2. The van der Waals surface area contributed by atoms with Gasteiger partial charge in [0.25, 0.3) is 0 Å². The van der Waals surface area contributed by atoms with Crippen molar-refractivity contribution in [3.05, 3.63) is 101 Å². The Morgan fingerprint density at radius 2 is 1.26 bits per heavy atom. The standard InChI is InChI=1S/C14H22.C8H11N.C8H10.C7H14N2O.CH2O/c1-4-12(3)6-7-14-10-8-13(5-2)9-11-14;1-6-3-7(2)5-8(9)4-6;1-2-8-6-4-3-5-7-8;1-4-7(8)9-5(2)6(3)10;1-2/h8-12H,4-7H2,1-3H3;3-5H,9H2,1-2H3;3-7H,2H2,1H3;5H,4H2,1-3H3,(H2,8,9);1H2. The van der Waals surface area contributed by atoms with Crippen LogP contribution in [0.3, 0.4) is 0 Å². The van der Waals surface area contributed by atoms with Crippen LogP contribution in [-0.4, -0.2) is 24.4 Å². The molecule has 3 rings (SSSR count). The molecule has 0 saturated heterocycles. The molecule has 0 spiro atoms. The Balaban J connectivity index is 0. The Morgan fingerprint density at radius 3 is 1.63 bits per heavy atom. The number of rotatable bonds is 9. The maximum absolute atomic E-state index is 10.6. The molecule has 238 valence electrons. The van der Waals surface area contributed by atoms with E-state index in [9.17, 15) is 4.79 Å². The Morgan fingerprint density at radius 1 is 0.791 bits per heavy atom. The Labute approximate surface area is 263 Å². The molecule has 0 aliphatic heterocycles. The van der Waals surface area contributed by atoms with Gasteiger partial charge in [-0.2, -0.15) is 0 Å². The lowest BCUT2D eigenvalue weighted by Gasteiger charge is -2.08. The third-order valence-corrected chi connectivity index (χ3v) is 6.86. The van der Waals surface area contributed by atoms with Crippen LogP contribution in [0.15, 0.2) is 77.8 Å². The first-order valence-corrected chi connectivity index (χ1v) is 15.5. The quantitative estimate of drug-likeness (QED) is 0.148. The molecule has 0 aliphatic rings. The van der Waals surface area contributed by atoms with Crippen molar-refractivity contribution >= 4 is 24.1 Å². The number of nitrogen functional groups attached to an aromatic ring is 1. The summed E-state index contributed by atoms with van der Waals surface area (Å²) >= 11 is 0. The number of ketones is 1. The second kappa shape index (κ2) is 25.9. The van der Waals surface area contributed by atoms with Crippen molar-refractivity contribution in [1.82, 2.24) is 0 Å². The molecule has 0 radical (unpaired) electrons. The van der Waals surface area contributed by atoms with Gasteiger partial charge in [0, 0.05) is 12.1 Å². The minimum Gasteiger partial charge on any atom is -0.399 e. The van der Waals surface area contributed by atoms with Crippen LogP contribution in [-0.2, 0) is 28.9 Å². The highest BCUT2D eigenvalue weighted by Crippen LogP contribution is 2.13. The number of amidine groups is 1. The second-order valence-corrected chi connectivity index (χ2v) is 10.7. The summed E-state index contributed by atoms with van der Waals surface area (Å²) in [5, 5.41) is 0. The molecule has 0 saturated carbocycles. The smallest absolute Gasteiger partial charge is 0.154 e. The minimum atomic E-state index is -0.278. The fraction of sp³-hybridized carbons (Fsp3) is 0.447. The van der Waals surface area contributed by atoms with Crippen LogP contribution in [0, 0.1) is 19.8 Å². The number of benzene rings is 3. The molecule has 0 aromatic heterocycles. The number of aryl methyl sites for hydroxylation is 5. The number of carbonyl (C=O) groups is 2. The Hall–Kier alpha value is -3.73. The van der Waals surface area contributed by atoms with Gasteiger partial charge in [0.15, 0.2) is 5.78 Å². The van der Waals surface area contributed by atoms with E-state index in [0.717, 1.165) is 24.4 Å². The minimum absolute atomic E-state index is 0.0522. The molecule has 3 aromatic rings. The summed E-state index contributed by atoms with van der Waals surface area (Å²) in [7, 11) is 0. The van der Waals surface area contributed by atoms with Crippen molar-refractivity contribution in [2.24, 2.45) is 16.6 Å². The first-order chi connectivity index (χ1) is 20.4. The van der Waals surface area contributed by atoms with Gasteiger partial charge in [-0.3, -0.25) is 9.79 Å². The lowest BCUT2D eigenvalue weighted by molar-refractivity contribution is -0.117. The summed E-state index contributed by atoms with van der Waals surface area (Å²) in [6.45, 7) is 20.2. The molecular formula is C38H59N3O2. The lowest BCUT2D eigenvalue weighted by Crippen LogP contribution is -2.18. The number of aliphatic imine (C=N–C) groups is 1. The summed E-state index contributed by atoms with van der Waals surface area (Å²) in [5.74, 6) is 1.46.